The summed E-state index contributed by atoms with van der Waals surface area (Å²) in [7, 11) is 0. The first-order valence-corrected chi connectivity index (χ1v) is 7.40. The average molecular weight is 316 g/mol. The molecule has 0 bridgehead atoms. The van der Waals surface area contributed by atoms with E-state index in [1.165, 1.54) is 12.3 Å². The van der Waals surface area contributed by atoms with Gasteiger partial charge in [-0.3, -0.25) is 9.69 Å². The summed E-state index contributed by atoms with van der Waals surface area (Å²) in [6.07, 6.45) is 1.42. The van der Waals surface area contributed by atoms with E-state index in [0.29, 0.717) is 23.7 Å². The van der Waals surface area contributed by atoms with Gasteiger partial charge >= 0.3 is 0 Å². The van der Waals surface area contributed by atoms with Crippen LogP contribution in [0.1, 0.15) is 31.1 Å². The molecule has 6 heteroatoms. The molecule has 2 rings (SSSR count). The lowest BCUT2D eigenvalue weighted by molar-refractivity contribution is 0.0451. The number of nitrogens with zero attached hydrogens (tertiary/aromatic N) is 3. The van der Waals surface area contributed by atoms with Crippen LogP contribution in [0, 0.1) is 0 Å². The maximum atomic E-state index is 12.5. The predicted molar refractivity (Wildman–Crippen MR) is 81.5 cm³/mol. The number of pyridine rings is 1. The van der Waals surface area contributed by atoms with Crippen LogP contribution in [0.4, 0.5) is 0 Å². The second-order valence-electron chi connectivity index (χ2n) is 5.94. The van der Waals surface area contributed by atoms with E-state index in [4.69, 9.17) is 23.2 Å². The van der Waals surface area contributed by atoms with Crippen molar-refractivity contribution in [2.45, 2.75) is 26.3 Å². The molecular weight excluding hydrogens is 297 g/mol. The number of piperazine rings is 1. The smallest absolute Gasteiger partial charge is 0.255 e. The highest BCUT2D eigenvalue weighted by Gasteiger charge is 2.28. The molecule has 4 nitrogen and oxygen atoms in total. The highest BCUT2D eigenvalue weighted by Crippen LogP contribution is 2.22. The van der Waals surface area contributed by atoms with Crippen LogP contribution in [0.25, 0.3) is 0 Å². The largest absolute Gasteiger partial charge is 0.336 e. The quantitative estimate of drug-likeness (QED) is 0.748. The van der Waals surface area contributed by atoms with E-state index in [1.54, 1.807) is 0 Å². The van der Waals surface area contributed by atoms with Crippen molar-refractivity contribution in [3.63, 3.8) is 0 Å². The fourth-order valence-corrected chi connectivity index (χ4v) is 2.67. The molecule has 0 unspecified atom stereocenters. The summed E-state index contributed by atoms with van der Waals surface area (Å²) in [6.45, 7) is 9.69. The second kappa shape index (κ2) is 5.88. The van der Waals surface area contributed by atoms with Crippen molar-refractivity contribution in [3.8, 4) is 0 Å². The number of aromatic nitrogens is 1. The third kappa shape index (κ3) is 3.43. The third-order valence-corrected chi connectivity index (χ3v) is 4.08. The maximum Gasteiger partial charge on any atom is 0.255 e. The van der Waals surface area contributed by atoms with Gasteiger partial charge in [0.15, 0.2) is 0 Å². The topological polar surface area (TPSA) is 36.4 Å². The number of carbonyl (C=O) groups excluding carboxylic acids is 1. The Balaban J connectivity index is 2.07. The van der Waals surface area contributed by atoms with E-state index in [1.807, 2.05) is 4.90 Å². The Bertz CT molecular complexity index is 506. The van der Waals surface area contributed by atoms with Gasteiger partial charge in [-0.05, 0) is 26.8 Å². The second-order valence-corrected chi connectivity index (χ2v) is 6.73. The van der Waals surface area contributed by atoms with Crippen molar-refractivity contribution in [2.75, 3.05) is 26.2 Å². The van der Waals surface area contributed by atoms with Crippen LogP contribution in [0.2, 0.25) is 10.2 Å². The van der Waals surface area contributed by atoms with Gasteiger partial charge in [-0.2, -0.15) is 0 Å². The zero-order chi connectivity index (χ0) is 14.9. The number of halogens is 2. The zero-order valence-corrected chi connectivity index (χ0v) is 13.5. The minimum atomic E-state index is -0.0761. The molecule has 1 saturated heterocycles. The molecule has 1 amide bonds. The van der Waals surface area contributed by atoms with E-state index < -0.39 is 0 Å². The Labute approximate surface area is 129 Å². The summed E-state index contributed by atoms with van der Waals surface area (Å²) in [4.78, 5) is 20.5. The van der Waals surface area contributed by atoms with E-state index in [2.05, 4.69) is 30.7 Å². The maximum absolute atomic E-state index is 12.5. The minimum Gasteiger partial charge on any atom is -0.336 e. The van der Waals surface area contributed by atoms with Crippen LogP contribution >= 0.6 is 23.2 Å². The summed E-state index contributed by atoms with van der Waals surface area (Å²) >= 11 is 11.9. The van der Waals surface area contributed by atoms with E-state index >= 15 is 0 Å². The van der Waals surface area contributed by atoms with Crippen molar-refractivity contribution in [3.05, 3.63) is 28.0 Å². The molecule has 0 radical (unpaired) electrons. The first-order valence-electron chi connectivity index (χ1n) is 6.64. The number of carbonyl (C=O) groups is 1. The van der Waals surface area contributed by atoms with E-state index in [-0.39, 0.29) is 16.6 Å². The minimum absolute atomic E-state index is 0.0761. The summed E-state index contributed by atoms with van der Waals surface area (Å²) in [5.41, 5.74) is 0.558. The number of hydrogen-bond donors (Lipinski definition) is 0. The van der Waals surface area contributed by atoms with Crippen LogP contribution in [0.3, 0.4) is 0 Å². The van der Waals surface area contributed by atoms with Gasteiger partial charge < -0.3 is 4.90 Å². The highest BCUT2D eigenvalue weighted by molar-refractivity contribution is 6.35. The van der Waals surface area contributed by atoms with Gasteiger partial charge in [-0.25, -0.2) is 4.98 Å². The molecule has 0 spiro atoms. The monoisotopic (exact) mass is 315 g/mol. The summed E-state index contributed by atoms with van der Waals surface area (Å²) in [5.74, 6) is -0.0761. The van der Waals surface area contributed by atoms with Gasteiger partial charge in [0.25, 0.3) is 5.91 Å². The van der Waals surface area contributed by atoms with Gasteiger partial charge in [0, 0.05) is 37.9 Å². The molecule has 1 fully saturated rings. The molecule has 2 heterocycles. The van der Waals surface area contributed by atoms with Crippen LogP contribution in [0.15, 0.2) is 12.3 Å². The molecule has 0 N–H and O–H groups in total. The van der Waals surface area contributed by atoms with Crippen LogP contribution in [-0.2, 0) is 0 Å². The van der Waals surface area contributed by atoms with Crippen molar-refractivity contribution in [1.82, 2.24) is 14.8 Å². The Morgan fingerprint density at radius 2 is 1.80 bits per heavy atom. The fraction of sp³-hybridized carbons (Fsp3) is 0.571. The fourth-order valence-electron chi connectivity index (χ4n) is 2.33. The Morgan fingerprint density at radius 3 is 2.35 bits per heavy atom. The zero-order valence-electron chi connectivity index (χ0n) is 12.0. The van der Waals surface area contributed by atoms with Crippen molar-refractivity contribution in [1.29, 1.82) is 0 Å². The van der Waals surface area contributed by atoms with Crippen molar-refractivity contribution >= 4 is 29.1 Å². The SMILES string of the molecule is CC(C)(C)N1CCN(C(=O)c2cc(Cl)ncc2Cl)CC1. The number of amides is 1. The molecule has 0 aliphatic carbocycles. The number of rotatable bonds is 1. The van der Waals surface area contributed by atoms with E-state index in [9.17, 15) is 4.79 Å². The third-order valence-electron chi connectivity index (χ3n) is 3.57. The average Bonchev–Trinajstić information content (AvgIpc) is 2.40. The van der Waals surface area contributed by atoms with Crippen LogP contribution < -0.4 is 0 Å². The molecule has 1 aromatic rings. The normalized spacial score (nSPS) is 17.4. The first-order chi connectivity index (χ1) is 9.29. The predicted octanol–water partition coefficient (Wildman–Crippen LogP) is 2.94. The Kier molecular flexibility index (Phi) is 4.57. The van der Waals surface area contributed by atoms with Gasteiger partial charge in [0.05, 0.1) is 10.6 Å². The van der Waals surface area contributed by atoms with Crippen molar-refractivity contribution in [2.24, 2.45) is 0 Å². The summed E-state index contributed by atoms with van der Waals surface area (Å²) in [6, 6.07) is 1.53. The molecule has 1 aliphatic heterocycles. The first kappa shape index (κ1) is 15.5. The van der Waals surface area contributed by atoms with E-state index in [0.717, 1.165) is 13.1 Å². The highest BCUT2D eigenvalue weighted by atomic mass is 35.5. The summed E-state index contributed by atoms with van der Waals surface area (Å²) < 4.78 is 0. The molecule has 1 aromatic heterocycles. The molecule has 0 aromatic carbocycles. The molecular formula is C14H19Cl2N3O. The molecule has 0 atom stereocenters. The molecule has 110 valence electrons. The van der Waals surface area contributed by atoms with Gasteiger partial charge in [-0.15, -0.1) is 0 Å². The number of hydrogen-bond acceptors (Lipinski definition) is 3. The van der Waals surface area contributed by atoms with Crippen molar-refractivity contribution < 1.29 is 4.79 Å². The van der Waals surface area contributed by atoms with Gasteiger partial charge in [0.2, 0.25) is 0 Å². The lowest BCUT2D eigenvalue weighted by Gasteiger charge is -2.42. The Hall–Kier alpha value is -0.840. The standard InChI is InChI=1S/C14H19Cl2N3O/c1-14(2,3)19-6-4-18(5-7-19)13(20)10-8-12(16)17-9-11(10)15/h8-9H,4-7H2,1-3H3. The van der Waals surface area contributed by atoms with Crippen LogP contribution in [0.5, 0.6) is 0 Å². The lowest BCUT2D eigenvalue weighted by atomic mass is 10.0. The Morgan fingerprint density at radius 1 is 1.20 bits per heavy atom. The van der Waals surface area contributed by atoms with Gasteiger partial charge in [-0.1, -0.05) is 23.2 Å². The molecule has 0 saturated carbocycles. The lowest BCUT2D eigenvalue weighted by Crippen LogP contribution is -2.54. The van der Waals surface area contributed by atoms with Gasteiger partial charge in [0.1, 0.15) is 5.15 Å². The molecule has 1 aliphatic rings. The molecule has 20 heavy (non-hydrogen) atoms. The summed E-state index contributed by atoms with van der Waals surface area (Å²) in [5, 5.41) is 0.628. The van der Waals surface area contributed by atoms with Crippen LogP contribution in [-0.4, -0.2) is 52.4 Å².